The first-order chi connectivity index (χ1) is 4.29. The third-order valence-corrected chi connectivity index (χ3v) is 0.858. The van der Waals surface area contributed by atoms with E-state index in [1.165, 1.54) is 6.34 Å². The summed E-state index contributed by atoms with van der Waals surface area (Å²) < 4.78 is 0. The van der Waals surface area contributed by atoms with Crippen LogP contribution in [0.2, 0.25) is 0 Å². The number of rotatable bonds is 0. The molecule has 0 aliphatic carbocycles. The molecule has 0 N–H and O–H groups in total. The van der Waals surface area contributed by atoms with E-state index in [1.54, 1.807) is 0 Å². The molecule has 9 heavy (non-hydrogen) atoms. The van der Waals surface area contributed by atoms with E-state index in [1.807, 2.05) is 13.8 Å². The summed E-state index contributed by atoms with van der Waals surface area (Å²) in [6, 6.07) is 0. The first-order valence-electron chi connectivity index (χ1n) is 2.66. The van der Waals surface area contributed by atoms with Gasteiger partial charge in [0.05, 0.1) is 0 Å². The second-order valence-electron chi connectivity index (χ2n) is 1.73. The summed E-state index contributed by atoms with van der Waals surface area (Å²) in [7, 11) is 0. The fraction of sp³-hybridized carbons (Fsp3) is 0.333. The largest absolute Gasteiger partial charge is 0.229 e. The lowest BCUT2D eigenvalue weighted by Crippen LogP contribution is -1.83. The Labute approximate surface area is 53.6 Å². The minimum atomic E-state index is 0.723. The molecule has 3 heteroatoms. The zero-order valence-electron chi connectivity index (χ0n) is 5.42. The highest BCUT2D eigenvalue weighted by atomic mass is 15.0. The lowest BCUT2D eigenvalue weighted by Gasteiger charge is -1.84. The summed E-state index contributed by atoms with van der Waals surface area (Å²) >= 11 is 0. The van der Waals surface area contributed by atoms with Gasteiger partial charge in [-0.15, -0.1) is 0 Å². The Morgan fingerprint density at radius 1 is 1.44 bits per heavy atom. The third-order valence-electron chi connectivity index (χ3n) is 0.858. The monoisotopic (exact) mass is 121 g/mol. The van der Waals surface area contributed by atoms with Crippen LogP contribution in [-0.2, 0) is 0 Å². The maximum atomic E-state index is 4.01. The van der Waals surface area contributed by atoms with E-state index in [4.69, 9.17) is 0 Å². The molecule has 0 saturated carbocycles. The zero-order valence-corrected chi connectivity index (χ0v) is 5.42. The predicted molar refractivity (Wildman–Crippen MR) is 38.2 cm³/mol. The number of amidine groups is 1. The Bertz CT molecular complexity index is 229. The van der Waals surface area contributed by atoms with Gasteiger partial charge >= 0.3 is 0 Å². The minimum absolute atomic E-state index is 0.723. The summed E-state index contributed by atoms with van der Waals surface area (Å²) in [6.45, 7) is 3.66. The molecule has 0 aromatic heterocycles. The van der Waals surface area contributed by atoms with E-state index in [2.05, 4.69) is 20.8 Å². The van der Waals surface area contributed by atoms with E-state index in [9.17, 15) is 0 Å². The Kier molecular flexibility index (Phi) is 1.56. The molecular weight excluding hydrogens is 114 g/mol. The minimum Gasteiger partial charge on any atom is -0.229 e. The average molecular weight is 121 g/mol. The van der Waals surface area contributed by atoms with Crippen molar-refractivity contribution in [2.45, 2.75) is 13.8 Å². The van der Waals surface area contributed by atoms with Crippen molar-refractivity contribution in [3.63, 3.8) is 0 Å². The van der Waals surface area contributed by atoms with Gasteiger partial charge in [-0.1, -0.05) is 0 Å². The number of aliphatic imine (C=N–C) groups is 3. The van der Waals surface area contributed by atoms with Crippen molar-refractivity contribution in [1.82, 2.24) is 0 Å². The van der Waals surface area contributed by atoms with Crippen LogP contribution in [0.25, 0.3) is 0 Å². The van der Waals surface area contributed by atoms with Gasteiger partial charge in [0.15, 0.2) is 0 Å². The maximum absolute atomic E-state index is 4.01. The number of hydrogen-bond donors (Lipinski definition) is 0. The number of allylic oxidation sites excluding steroid dienone is 1. The maximum Gasteiger partial charge on any atom is 0.128 e. The molecule has 0 aromatic carbocycles. The smallest absolute Gasteiger partial charge is 0.128 e. The molecule has 0 atom stereocenters. The molecule has 0 bridgehead atoms. The van der Waals surface area contributed by atoms with Crippen molar-refractivity contribution in [1.29, 1.82) is 0 Å². The molecule has 1 aliphatic heterocycles. The molecule has 0 radical (unpaired) electrons. The van der Waals surface area contributed by atoms with Crippen molar-refractivity contribution >= 4 is 18.0 Å². The van der Waals surface area contributed by atoms with Gasteiger partial charge in [-0.05, 0) is 13.8 Å². The first-order valence-corrected chi connectivity index (χ1v) is 2.66. The summed E-state index contributed by atoms with van der Waals surface area (Å²) in [4.78, 5) is 11.6. The standard InChI is InChI=1S/C6H7N3/c1-5-3-7-4-8-6(2)9-5/h4H,1-2H3. The van der Waals surface area contributed by atoms with Crippen molar-refractivity contribution in [2.75, 3.05) is 0 Å². The van der Waals surface area contributed by atoms with Gasteiger partial charge in [-0.3, -0.25) is 0 Å². The highest BCUT2D eigenvalue weighted by Crippen LogP contribution is 1.92. The Hall–Kier alpha value is -1.21. The fourth-order valence-electron chi connectivity index (χ4n) is 0.531. The van der Waals surface area contributed by atoms with E-state index in [-0.39, 0.29) is 0 Å². The zero-order chi connectivity index (χ0) is 6.69. The molecule has 0 fully saturated rings. The molecule has 46 valence electrons. The van der Waals surface area contributed by atoms with Crippen LogP contribution >= 0.6 is 0 Å². The molecule has 0 spiro atoms. The van der Waals surface area contributed by atoms with E-state index >= 15 is 0 Å². The van der Waals surface area contributed by atoms with Gasteiger partial charge in [0.1, 0.15) is 17.9 Å². The van der Waals surface area contributed by atoms with Crippen molar-refractivity contribution in [3.8, 4) is 0 Å². The predicted octanol–water partition coefficient (Wildman–Crippen LogP) is 1.02. The van der Waals surface area contributed by atoms with Crippen LogP contribution in [0.3, 0.4) is 0 Å². The number of nitrogens with zero attached hydrogens (tertiary/aromatic N) is 3. The molecule has 3 nitrogen and oxygen atoms in total. The van der Waals surface area contributed by atoms with Crippen molar-refractivity contribution < 1.29 is 0 Å². The summed E-state index contributed by atoms with van der Waals surface area (Å²) in [5, 5.41) is 0. The van der Waals surface area contributed by atoms with E-state index in [0.717, 1.165) is 11.5 Å². The van der Waals surface area contributed by atoms with Crippen LogP contribution in [0, 0.1) is 0 Å². The molecule has 0 aromatic rings. The van der Waals surface area contributed by atoms with Gasteiger partial charge in [0.25, 0.3) is 0 Å². The molecular formula is C6H7N3. The molecule has 0 unspecified atom stereocenters. The van der Waals surface area contributed by atoms with Crippen LogP contribution in [0.4, 0.5) is 0 Å². The van der Waals surface area contributed by atoms with E-state index in [0.29, 0.717) is 0 Å². The topological polar surface area (TPSA) is 37.1 Å². The molecule has 0 saturated heterocycles. The van der Waals surface area contributed by atoms with Gasteiger partial charge in [0.2, 0.25) is 0 Å². The highest BCUT2D eigenvalue weighted by molar-refractivity contribution is 5.91. The van der Waals surface area contributed by atoms with Gasteiger partial charge in [-0.2, -0.15) is 4.99 Å². The normalized spacial score (nSPS) is 16.7. The summed E-state index contributed by atoms with van der Waals surface area (Å²) in [5.41, 5.74) is 0.769. The molecule has 1 heterocycles. The lowest BCUT2D eigenvalue weighted by atomic mass is 10.5. The SMILES string of the molecule is CC1=C=NC=NC(C)=N1. The third kappa shape index (κ3) is 1.63. The van der Waals surface area contributed by atoms with Crippen LogP contribution in [0.1, 0.15) is 13.8 Å². The Morgan fingerprint density at radius 2 is 2.22 bits per heavy atom. The number of hydrogen-bond acceptors (Lipinski definition) is 3. The van der Waals surface area contributed by atoms with Crippen molar-refractivity contribution in [3.05, 3.63) is 5.70 Å². The highest BCUT2D eigenvalue weighted by Gasteiger charge is 1.87. The van der Waals surface area contributed by atoms with Crippen molar-refractivity contribution in [2.24, 2.45) is 15.0 Å². The summed E-state index contributed by atoms with van der Waals surface area (Å²) in [5.74, 6) is 3.40. The second kappa shape index (κ2) is 2.37. The fourth-order valence-corrected chi connectivity index (χ4v) is 0.531. The van der Waals surface area contributed by atoms with Crippen LogP contribution in [0.15, 0.2) is 20.7 Å². The van der Waals surface area contributed by atoms with Gasteiger partial charge in [0, 0.05) is 5.87 Å². The summed E-state index contributed by atoms with van der Waals surface area (Å²) in [6.07, 6.45) is 1.44. The molecule has 1 aliphatic rings. The van der Waals surface area contributed by atoms with Gasteiger partial charge < -0.3 is 0 Å². The van der Waals surface area contributed by atoms with Crippen LogP contribution in [-0.4, -0.2) is 18.0 Å². The second-order valence-corrected chi connectivity index (χ2v) is 1.73. The quantitative estimate of drug-likeness (QED) is 0.459. The van der Waals surface area contributed by atoms with Crippen LogP contribution in [0.5, 0.6) is 0 Å². The Morgan fingerprint density at radius 3 is 3.00 bits per heavy atom. The average Bonchev–Trinajstić information content (AvgIpc) is 1.93. The van der Waals surface area contributed by atoms with Gasteiger partial charge in [-0.25, -0.2) is 9.98 Å². The van der Waals surface area contributed by atoms with Crippen LogP contribution < -0.4 is 0 Å². The first kappa shape index (κ1) is 5.92. The molecule has 0 amide bonds. The molecule has 1 rings (SSSR count). The van der Waals surface area contributed by atoms with E-state index < -0.39 is 0 Å². The lowest BCUT2D eigenvalue weighted by molar-refractivity contribution is 1.32. The Balaban J connectivity index is 3.01.